The Balaban J connectivity index is 1.52. The highest BCUT2D eigenvalue weighted by molar-refractivity contribution is 6.25. The number of likely N-dealkylation sites (N-methyl/N-ethyl adjacent to an activating group) is 2. The van der Waals surface area contributed by atoms with Gasteiger partial charge in [0.05, 0.1) is 11.6 Å². The standard InChI is InChI=1S/C35H40N4O8/c1-33-16-21-20(18-7-6-8-19(15-18)32(46)39-13-11-38(5)12-14-39)9-10-22(40)23(21)26(41)25(33)30(44)35(47)29(43)24(31(36)45)27(42)28(37(3)4)34(35,2)17-33/h6-10,15,28,40-41,43,47H,11-14,16-17H2,1-5H3,(H2,36,45)/t28-,33+,34+,35-/m1/s1. The summed E-state index contributed by atoms with van der Waals surface area (Å²) in [6, 6.07) is 8.96. The normalized spacial score (nSPS) is 29.5. The Bertz CT molecular complexity index is 1820. The molecule has 0 radical (unpaired) electrons. The summed E-state index contributed by atoms with van der Waals surface area (Å²) in [7, 11) is 5.14. The first-order chi connectivity index (χ1) is 22.0. The minimum absolute atomic E-state index is 0.0130. The topological polar surface area (TPSA) is 185 Å². The third-order valence-electron chi connectivity index (χ3n) is 10.7. The van der Waals surface area contributed by atoms with Crippen molar-refractivity contribution in [1.29, 1.82) is 0 Å². The lowest BCUT2D eigenvalue weighted by molar-refractivity contribution is -0.176. The van der Waals surface area contributed by atoms with E-state index in [4.69, 9.17) is 5.73 Å². The van der Waals surface area contributed by atoms with E-state index in [-0.39, 0.29) is 35.6 Å². The lowest BCUT2D eigenvalue weighted by Crippen LogP contribution is -2.72. The Kier molecular flexibility index (Phi) is 7.42. The van der Waals surface area contributed by atoms with Crippen molar-refractivity contribution in [3.05, 3.63) is 70.0 Å². The number of nitrogens with zero attached hydrogens (tertiary/aromatic N) is 3. The summed E-state index contributed by atoms with van der Waals surface area (Å²) in [5.41, 5.74) is 0.971. The van der Waals surface area contributed by atoms with Crippen LogP contribution in [0.25, 0.3) is 16.9 Å². The zero-order chi connectivity index (χ0) is 34.4. The summed E-state index contributed by atoms with van der Waals surface area (Å²) in [4.78, 5) is 59.4. The molecule has 12 heteroatoms. The Morgan fingerprint density at radius 1 is 1.00 bits per heavy atom. The van der Waals surface area contributed by atoms with Crippen molar-refractivity contribution >= 4 is 29.1 Å². The molecule has 4 atom stereocenters. The molecule has 2 aromatic rings. The van der Waals surface area contributed by atoms with Gasteiger partial charge < -0.3 is 36.0 Å². The van der Waals surface area contributed by atoms with E-state index in [1.165, 1.54) is 17.9 Å². The Morgan fingerprint density at radius 2 is 1.66 bits per heavy atom. The second kappa shape index (κ2) is 10.8. The van der Waals surface area contributed by atoms with E-state index in [0.717, 1.165) is 13.1 Å². The molecule has 2 fully saturated rings. The number of phenolic OH excluding ortho intramolecular Hbond substituents is 1. The van der Waals surface area contributed by atoms with Gasteiger partial charge in [-0.15, -0.1) is 0 Å². The number of aromatic hydroxyl groups is 1. The van der Waals surface area contributed by atoms with E-state index in [9.17, 15) is 39.6 Å². The molecule has 0 unspecified atom stereocenters. The molecule has 6 rings (SSSR count). The number of carbonyl (C=O) groups excluding carboxylic acids is 4. The minimum Gasteiger partial charge on any atom is -0.508 e. The number of amides is 2. The summed E-state index contributed by atoms with van der Waals surface area (Å²) in [5, 5.41) is 46.3. The molecule has 1 saturated carbocycles. The zero-order valence-electron chi connectivity index (χ0n) is 27.1. The van der Waals surface area contributed by atoms with Crippen LogP contribution in [0.15, 0.2) is 53.3 Å². The van der Waals surface area contributed by atoms with Gasteiger partial charge in [0.25, 0.3) is 11.8 Å². The molecular weight excluding hydrogens is 604 g/mol. The van der Waals surface area contributed by atoms with Gasteiger partial charge in [-0.25, -0.2) is 0 Å². The van der Waals surface area contributed by atoms with Crippen LogP contribution in [0.1, 0.15) is 41.8 Å². The van der Waals surface area contributed by atoms with Crippen LogP contribution in [-0.4, -0.2) is 117 Å². The van der Waals surface area contributed by atoms with Gasteiger partial charge in [-0.3, -0.25) is 24.1 Å². The zero-order valence-corrected chi connectivity index (χ0v) is 27.1. The molecule has 0 aromatic heterocycles. The van der Waals surface area contributed by atoms with Gasteiger partial charge in [0.15, 0.2) is 11.4 Å². The fraction of sp³-hybridized carbons (Fsp3) is 0.429. The number of nitrogens with two attached hydrogens (primary N) is 1. The molecule has 47 heavy (non-hydrogen) atoms. The number of ketones is 2. The van der Waals surface area contributed by atoms with Crippen LogP contribution >= 0.6 is 0 Å². The molecule has 2 aromatic carbocycles. The highest BCUT2D eigenvalue weighted by Crippen LogP contribution is 2.63. The molecule has 0 spiro atoms. The van der Waals surface area contributed by atoms with Gasteiger partial charge in [0.2, 0.25) is 5.78 Å². The molecule has 1 heterocycles. The fourth-order valence-electron chi connectivity index (χ4n) is 8.60. The Hall–Kier alpha value is -4.52. The number of carbonyl (C=O) groups is 4. The number of hydrogen-bond acceptors (Lipinski definition) is 10. The molecule has 4 aliphatic rings. The number of rotatable bonds is 4. The summed E-state index contributed by atoms with van der Waals surface area (Å²) < 4.78 is 0. The molecule has 6 N–H and O–H groups in total. The Labute approximate surface area is 272 Å². The predicted molar refractivity (Wildman–Crippen MR) is 172 cm³/mol. The third kappa shape index (κ3) is 4.45. The van der Waals surface area contributed by atoms with E-state index in [1.807, 2.05) is 18.0 Å². The molecule has 3 aliphatic carbocycles. The number of Topliss-reactive ketones (excluding diaryl/α,β-unsaturated/α-hetero) is 2. The van der Waals surface area contributed by atoms with Crippen LogP contribution < -0.4 is 5.73 Å². The van der Waals surface area contributed by atoms with Crippen molar-refractivity contribution in [2.75, 3.05) is 47.3 Å². The smallest absolute Gasteiger partial charge is 0.255 e. The van der Waals surface area contributed by atoms with Gasteiger partial charge in [-0.05, 0) is 68.9 Å². The van der Waals surface area contributed by atoms with Crippen molar-refractivity contribution in [2.45, 2.75) is 38.3 Å². The largest absolute Gasteiger partial charge is 0.508 e. The van der Waals surface area contributed by atoms with Crippen LogP contribution in [0.3, 0.4) is 0 Å². The maximum absolute atomic E-state index is 14.5. The lowest BCUT2D eigenvalue weighted by Gasteiger charge is -2.59. The maximum atomic E-state index is 14.5. The molecule has 12 nitrogen and oxygen atoms in total. The van der Waals surface area contributed by atoms with Gasteiger partial charge >= 0.3 is 0 Å². The van der Waals surface area contributed by atoms with Gasteiger partial charge in [0, 0.05) is 48.1 Å². The summed E-state index contributed by atoms with van der Waals surface area (Å²) in [6.07, 6.45) is 0.0176. The van der Waals surface area contributed by atoms with Crippen molar-refractivity contribution in [3.8, 4) is 16.9 Å². The van der Waals surface area contributed by atoms with E-state index in [2.05, 4.69) is 4.90 Å². The summed E-state index contributed by atoms with van der Waals surface area (Å²) >= 11 is 0. The van der Waals surface area contributed by atoms with E-state index < -0.39 is 57.0 Å². The van der Waals surface area contributed by atoms with Gasteiger partial charge in [0.1, 0.15) is 22.8 Å². The van der Waals surface area contributed by atoms with Crippen molar-refractivity contribution < 1.29 is 39.6 Å². The summed E-state index contributed by atoms with van der Waals surface area (Å²) in [6.45, 7) is 5.99. The molecule has 1 aliphatic heterocycles. The Morgan fingerprint density at radius 3 is 2.28 bits per heavy atom. The number of primary amides is 1. The second-order valence-electron chi connectivity index (χ2n) is 14.1. The van der Waals surface area contributed by atoms with E-state index in [0.29, 0.717) is 35.3 Å². The van der Waals surface area contributed by atoms with Crippen molar-refractivity contribution in [2.24, 2.45) is 16.6 Å². The van der Waals surface area contributed by atoms with Crippen LogP contribution in [-0.2, 0) is 20.8 Å². The first kappa shape index (κ1) is 32.4. The average Bonchev–Trinajstić information content (AvgIpc) is 2.98. The van der Waals surface area contributed by atoms with Gasteiger partial charge in [-0.2, -0.15) is 0 Å². The first-order valence-electron chi connectivity index (χ1n) is 15.6. The van der Waals surface area contributed by atoms with Crippen LogP contribution in [0.4, 0.5) is 0 Å². The highest BCUT2D eigenvalue weighted by Gasteiger charge is 2.72. The minimum atomic E-state index is -2.79. The second-order valence-corrected chi connectivity index (χ2v) is 14.1. The van der Waals surface area contributed by atoms with E-state index in [1.54, 1.807) is 45.3 Å². The highest BCUT2D eigenvalue weighted by atomic mass is 16.3. The molecule has 248 valence electrons. The lowest BCUT2D eigenvalue weighted by atomic mass is 9.46. The number of hydrogen-bond donors (Lipinski definition) is 5. The maximum Gasteiger partial charge on any atom is 0.255 e. The number of aliphatic hydroxyl groups excluding tert-OH is 2. The number of phenols is 1. The number of fused-ring (bicyclic) bond motifs is 3. The monoisotopic (exact) mass is 644 g/mol. The molecule has 1 saturated heterocycles. The quantitative estimate of drug-likeness (QED) is 0.308. The van der Waals surface area contributed by atoms with Crippen LogP contribution in [0.5, 0.6) is 5.75 Å². The molecular formula is C35H40N4O8. The van der Waals surface area contributed by atoms with E-state index >= 15 is 0 Å². The van der Waals surface area contributed by atoms with Crippen molar-refractivity contribution in [3.63, 3.8) is 0 Å². The SMILES string of the molecule is CN1CCN(C(=O)c2cccc(-c3ccc(O)c4c3C[C@@]3(C)C[C@@]5(C)[C@H](N(C)C)C(=O)C(C(N)=O)=C(O)[C@@]5(O)C(=O)C3=C4O)c2)CC1. The average molecular weight is 645 g/mol. The summed E-state index contributed by atoms with van der Waals surface area (Å²) in [5.74, 6) is -5.34. The molecule has 2 amide bonds. The number of piperazine rings is 1. The third-order valence-corrected chi connectivity index (χ3v) is 10.7. The number of aliphatic hydroxyl groups is 3. The van der Waals surface area contributed by atoms with Crippen molar-refractivity contribution in [1.82, 2.24) is 14.7 Å². The first-order valence-corrected chi connectivity index (χ1v) is 15.6. The fourth-order valence-corrected chi connectivity index (χ4v) is 8.60. The van der Waals surface area contributed by atoms with Crippen LogP contribution in [0.2, 0.25) is 0 Å². The molecule has 0 bridgehead atoms. The van der Waals surface area contributed by atoms with Gasteiger partial charge in [-0.1, -0.05) is 32.0 Å². The number of benzene rings is 2. The predicted octanol–water partition coefficient (Wildman–Crippen LogP) is 1.80. The van der Waals surface area contributed by atoms with Crippen LogP contribution in [0, 0.1) is 10.8 Å².